The number of hydrogen-bond acceptors (Lipinski definition) is 4. The highest BCUT2D eigenvalue weighted by atomic mass is 35.5. The fourth-order valence-electron chi connectivity index (χ4n) is 2.98. The van der Waals surface area contributed by atoms with Crippen LogP contribution in [0.5, 0.6) is 0 Å². The summed E-state index contributed by atoms with van der Waals surface area (Å²) in [5, 5.41) is 0.445. The average Bonchev–Trinajstić information content (AvgIpc) is 2.67. The van der Waals surface area contributed by atoms with Gasteiger partial charge in [-0.1, -0.05) is 41.8 Å². The highest BCUT2D eigenvalue weighted by Gasteiger charge is 2.25. The second-order valence-electron chi connectivity index (χ2n) is 6.54. The standard InChI is InChI=1S/C18H20Cl2N2O4S2/c19-15-10-16(20)12-18(11-15)27(23,24)21-13-14-4-6-17(7-5-14)28(25,26)22-8-2-1-3-9-22/h4-7,10-12,21H,1-3,8-9,13H2. The smallest absolute Gasteiger partial charge is 0.207 e. The van der Waals surface area contributed by atoms with Gasteiger partial charge in [-0.2, -0.15) is 4.31 Å². The molecule has 0 aliphatic carbocycles. The summed E-state index contributed by atoms with van der Waals surface area (Å²) in [6, 6.07) is 10.3. The van der Waals surface area contributed by atoms with Crippen LogP contribution in [0.25, 0.3) is 0 Å². The lowest BCUT2D eigenvalue weighted by Gasteiger charge is -2.25. The van der Waals surface area contributed by atoms with E-state index in [-0.39, 0.29) is 26.4 Å². The van der Waals surface area contributed by atoms with Crippen molar-refractivity contribution in [2.24, 2.45) is 0 Å². The molecule has 2 aromatic carbocycles. The van der Waals surface area contributed by atoms with E-state index in [4.69, 9.17) is 23.2 Å². The Morgan fingerprint density at radius 3 is 1.96 bits per heavy atom. The number of hydrogen-bond donors (Lipinski definition) is 1. The molecule has 0 radical (unpaired) electrons. The van der Waals surface area contributed by atoms with Crippen LogP contribution in [0.2, 0.25) is 10.0 Å². The van der Waals surface area contributed by atoms with Gasteiger partial charge in [0.25, 0.3) is 0 Å². The Morgan fingerprint density at radius 2 is 1.39 bits per heavy atom. The molecule has 152 valence electrons. The zero-order valence-electron chi connectivity index (χ0n) is 14.9. The largest absolute Gasteiger partial charge is 0.243 e. The molecule has 0 unspecified atom stereocenters. The van der Waals surface area contributed by atoms with E-state index in [1.165, 1.54) is 34.6 Å². The third-order valence-electron chi connectivity index (χ3n) is 4.49. The third-order valence-corrected chi connectivity index (χ3v) is 8.22. The van der Waals surface area contributed by atoms with Crippen LogP contribution in [-0.4, -0.2) is 34.2 Å². The molecule has 6 nitrogen and oxygen atoms in total. The van der Waals surface area contributed by atoms with Gasteiger partial charge in [0.2, 0.25) is 20.0 Å². The Labute approximate surface area is 175 Å². The minimum absolute atomic E-state index is 0.0104. The molecule has 2 aromatic rings. The second kappa shape index (κ2) is 8.69. The van der Waals surface area contributed by atoms with Crippen molar-refractivity contribution in [1.82, 2.24) is 9.03 Å². The van der Waals surface area contributed by atoms with Gasteiger partial charge in [-0.3, -0.25) is 0 Å². The van der Waals surface area contributed by atoms with Crippen LogP contribution >= 0.6 is 23.2 Å². The summed E-state index contributed by atoms with van der Waals surface area (Å²) in [6.45, 7) is 1.08. The first-order valence-corrected chi connectivity index (χ1v) is 12.4. The summed E-state index contributed by atoms with van der Waals surface area (Å²) in [4.78, 5) is 0.178. The van der Waals surface area contributed by atoms with Gasteiger partial charge in [0, 0.05) is 29.7 Å². The molecule has 3 rings (SSSR count). The van der Waals surface area contributed by atoms with Crippen LogP contribution in [0.15, 0.2) is 52.3 Å². The number of benzene rings is 2. The van der Waals surface area contributed by atoms with Gasteiger partial charge in [-0.25, -0.2) is 21.6 Å². The van der Waals surface area contributed by atoms with E-state index < -0.39 is 20.0 Å². The van der Waals surface area contributed by atoms with Crippen molar-refractivity contribution in [1.29, 1.82) is 0 Å². The molecular weight excluding hydrogens is 443 g/mol. The van der Waals surface area contributed by atoms with Crippen LogP contribution in [-0.2, 0) is 26.6 Å². The Balaban J connectivity index is 1.70. The van der Waals surface area contributed by atoms with Crippen LogP contribution in [0.4, 0.5) is 0 Å². The number of rotatable bonds is 6. The van der Waals surface area contributed by atoms with Gasteiger partial charge >= 0.3 is 0 Å². The second-order valence-corrected chi connectivity index (χ2v) is 11.1. The monoisotopic (exact) mass is 462 g/mol. The van der Waals surface area contributed by atoms with Gasteiger partial charge in [0.15, 0.2) is 0 Å². The van der Waals surface area contributed by atoms with Crippen LogP contribution in [0.3, 0.4) is 0 Å². The topological polar surface area (TPSA) is 83.5 Å². The SMILES string of the molecule is O=S(=O)(NCc1ccc(S(=O)(=O)N2CCCCC2)cc1)c1cc(Cl)cc(Cl)c1. The predicted octanol–water partition coefficient (Wildman–Crippen LogP) is 3.65. The summed E-state index contributed by atoms with van der Waals surface area (Å²) in [7, 11) is -7.31. The Hall–Kier alpha value is -1.16. The fraction of sp³-hybridized carbons (Fsp3) is 0.333. The molecule has 1 saturated heterocycles. The molecule has 10 heteroatoms. The maximum Gasteiger partial charge on any atom is 0.243 e. The molecule has 0 atom stereocenters. The molecule has 1 fully saturated rings. The number of sulfonamides is 2. The fourth-order valence-corrected chi connectivity index (χ4v) is 6.24. The number of halogens is 2. The van der Waals surface area contributed by atoms with Gasteiger partial charge in [-0.15, -0.1) is 0 Å². The van der Waals surface area contributed by atoms with E-state index in [0.717, 1.165) is 19.3 Å². The first-order chi connectivity index (χ1) is 13.2. The van der Waals surface area contributed by atoms with Crippen LogP contribution in [0.1, 0.15) is 24.8 Å². The highest BCUT2D eigenvalue weighted by molar-refractivity contribution is 7.89. The summed E-state index contributed by atoms with van der Waals surface area (Å²) < 4.78 is 54.1. The lowest BCUT2D eigenvalue weighted by atomic mass is 10.2. The summed E-state index contributed by atoms with van der Waals surface area (Å²) >= 11 is 11.7. The van der Waals surface area contributed by atoms with Gasteiger partial charge < -0.3 is 0 Å². The van der Waals surface area contributed by atoms with Crippen molar-refractivity contribution < 1.29 is 16.8 Å². The molecule has 1 aliphatic rings. The number of piperidine rings is 1. The first-order valence-electron chi connectivity index (χ1n) is 8.73. The predicted molar refractivity (Wildman–Crippen MR) is 110 cm³/mol. The molecule has 1 N–H and O–H groups in total. The molecular formula is C18H20Cl2N2O4S2. The quantitative estimate of drug-likeness (QED) is 0.709. The van der Waals surface area contributed by atoms with E-state index in [1.54, 1.807) is 12.1 Å². The van der Waals surface area contributed by atoms with Gasteiger partial charge in [0.1, 0.15) is 0 Å². The van der Waals surface area contributed by atoms with E-state index in [2.05, 4.69) is 4.72 Å². The van der Waals surface area contributed by atoms with Gasteiger partial charge in [-0.05, 0) is 48.7 Å². The van der Waals surface area contributed by atoms with Gasteiger partial charge in [0.05, 0.1) is 9.79 Å². The zero-order chi connectivity index (χ0) is 20.4. The molecule has 0 aromatic heterocycles. The van der Waals surface area contributed by atoms with Crippen molar-refractivity contribution in [3.63, 3.8) is 0 Å². The lowest BCUT2D eigenvalue weighted by molar-refractivity contribution is 0.346. The third kappa shape index (κ3) is 5.06. The van der Waals surface area contributed by atoms with Crippen molar-refractivity contribution in [2.45, 2.75) is 35.6 Å². The van der Waals surface area contributed by atoms with Crippen LogP contribution < -0.4 is 4.72 Å². The highest BCUT2D eigenvalue weighted by Crippen LogP contribution is 2.23. The van der Waals surface area contributed by atoms with Crippen molar-refractivity contribution in [3.05, 3.63) is 58.1 Å². The van der Waals surface area contributed by atoms with E-state index in [9.17, 15) is 16.8 Å². The number of nitrogens with one attached hydrogen (secondary N) is 1. The minimum atomic E-state index is -3.80. The van der Waals surface area contributed by atoms with E-state index in [1.807, 2.05) is 0 Å². The molecule has 0 amide bonds. The molecule has 0 bridgehead atoms. The van der Waals surface area contributed by atoms with E-state index in [0.29, 0.717) is 18.7 Å². The lowest BCUT2D eigenvalue weighted by Crippen LogP contribution is -2.35. The van der Waals surface area contributed by atoms with Crippen molar-refractivity contribution >= 4 is 43.2 Å². The Bertz CT molecular complexity index is 1030. The van der Waals surface area contributed by atoms with Crippen LogP contribution in [0, 0.1) is 0 Å². The molecule has 0 spiro atoms. The summed E-state index contributed by atoms with van der Waals surface area (Å²) in [6.07, 6.45) is 2.78. The average molecular weight is 463 g/mol. The summed E-state index contributed by atoms with van der Waals surface area (Å²) in [5.74, 6) is 0. The number of nitrogens with zero attached hydrogens (tertiary/aromatic N) is 1. The Morgan fingerprint density at radius 1 is 0.821 bits per heavy atom. The molecule has 0 saturated carbocycles. The Kier molecular flexibility index (Phi) is 6.69. The summed E-state index contributed by atoms with van der Waals surface area (Å²) in [5.41, 5.74) is 0.634. The van der Waals surface area contributed by atoms with E-state index >= 15 is 0 Å². The normalized spacial score (nSPS) is 16.2. The van der Waals surface area contributed by atoms with Crippen molar-refractivity contribution in [2.75, 3.05) is 13.1 Å². The minimum Gasteiger partial charge on any atom is -0.207 e. The zero-order valence-corrected chi connectivity index (χ0v) is 18.1. The first kappa shape index (κ1) is 21.5. The van der Waals surface area contributed by atoms with Crippen molar-refractivity contribution in [3.8, 4) is 0 Å². The molecule has 1 aliphatic heterocycles. The molecule has 28 heavy (non-hydrogen) atoms. The molecule has 1 heterocycles. The maximum absolute atomic E-state index is 12.7. The maximum atomic E-state index is 12.7.